The lowest BCUT2D eigenvalue weighted by atomic mass is 9.97. The summed E-state index contributed by atoms with van der Waals surface area (Å²) in [6.07, 6.45) is 3.29. The number of benzene rings is 1. The van der Waals surface area contributed by atoms with Crippen molar-refractivity contribution < 1.29 is 19.1 Å². The molecule has 1 aromatic rings. The lowest BCUT2D eigenvalue weighted by Crippen LogP contribution is -2.57. The number of carbonyl (C=O) groups is 2. The number of anilines is 1. The van der Waals surface area contributed by atoms with Gasteiger partial charge in [0.15, 0.2) is 0 Å². The van der Waals surface area contributed by atoms with Crippen LogP contribution in [0.1, 0.15) is 25.7 Å². The number of nitrogens with one attached hydrogen (secondary N) is 1. The third-order valence-electron chi connectivity index (χ3n) is 4.58. The smallest absolute Gasteiger partial charge is 0.323 e. The van der Waals surface area contributed by atoms with E-state index in [9.17, 15) is 9.59 Å². The summed E-state index contributed by atoms with van der Waals surface area (Å²) in [6, 6.07) is 4.77. The van der Waals surface area contributed by atoms with Gasteiger partial charge in [-0.15, -0.1) is 0 Å². The Hall–Kier alpha value is -1.79. The molecule has 2 heterocycles. The Morgan fingerprint density at radius 2 is 2.29 bits per heavy atom. The van der Waals surface area contributed by atoms with E-state index in [-0.39, 0.29) is 24.3 Å². The lowest BCUT2D eigenvalue weighted by molar-refractivity contribution is -0.165. The highest BCUT2D eigenvalue weighted by atomic mass is 35.5. The minimum Gasteiger partial charge on any atom is -0.495 e. The van der Waals surface area contributed by atoms with Crippen molar-refractivity contribution in [3.05, 3.63) is 23.2 Å². The van der Waals surface area contributed by atoms with Crippen LogP contribution in [0, 0.1) is 0 Å². The molecular formula is C17H21ClN2O4. The summed E-state index contributed by atoms with van der Waals surface area (Å²) in [4.78, 5) is 26.6. The first-order valence-electron chi connectivity index (χ1n) is 8.14. The molecule has 6 nitrogen and oxygen atoms in total. The van der Waals surface area contributed by atoms with E-state index in [0.717, 1.165) is 25.8 Å². The predicted molar refractivity (Wildman–Crippen MR) is 90.3 cm³/mol. The van der Waals surface area contributed by atoms with Crippen LogP contribution >= 0.6 is 11.6 Å². The van der Waals surface area contributed by atoms with Gasteiger partial charge in [-0.1, -0.05) is 18.0 Å². The Bertz CT molecular complexity index is 637. The van der Waals surface area contributed by atoms with E-state index in [2.05, 4.69) is 10.2 Å². The molecule has 2 fully saturated rings. The Morgan fingerprint density at radius 1 is 1.46 bits per heavy atom. The zero-order valence-electron chi connectivity index (χ0n) is 13.6. The van der Waals surface area contributed by atoms with Crippen LogP contribution in [0.25, 0.3) is 0 Å². The number of amides is 1. The molecule has 1 aromatic carbocycles. The molecule has 2 aliphatic rings. The van der Waals surface area contributed by atoms with E-state index >= 15 is 0 Å². The Balaban J connectivity index is 1.64. The van der Waals surface area contributed by atoms with Crippen molar-refractivity contribution in [3.8, 4) is 5.75 Å². The fraction of sp³-hybridized carbons (Fsp3) is 0.529. The summed E-state index contributed by atoms with van der Waals surface area (Å²) >= 11 is 6.06. The van der Waals surface area contributed by atoms with Crippen molar-refractivity contribution in [2.75, 3.05) is 25.6 Å². The summed E-state index contributed by atoms with van der Waals surface area (Å²) < 4.78 is 10.3. The number of nitrogens with zero attached hydrogens (tertiary/aromatic N) is 1. The molecular weight excluding hydrogens is 332 g/mol. The molecule has 0 aromatic heterocycles. The molecule has 24 heavy (non-hydrogen) atoms. The number of piperidine rings is 1. The average Bonchev–Trinajstić information content (AvgIpc) is 2.58. The van der Waals surface area contributed by atoms with Crippen LogP contribution in [0.15, 0.2) is 18.2 Å². The molecule has 1 N–H and O–H groups in total. The molecule has 3 rings (SSSR count). The molecule has 1 amide bonds. The number of hydrogen-bond acceptors (Lipinski definition) is 5. The summed E-state index contributed by atoms with van der Waals surface area (Å²) in [6.45, 7) is 1.27. The highest BCUT2D eigenvalue weighted by Crippen LogP contribution is 2.28. The molecule has 130 valence electrons. The SMILES string of the molecule is COc1ccc(NC(=O)C[C@H]2C(=O)OC[C@@H]3CCCCN32)cc1Cl. The van der Waals surface area contributed by atoms with E-state index < -0.39 is 6.04 Å². The molecule has 2 atom stereocenters. The number of cyclic esters (lactones) is 1. The number of methoxy groups -OCH3 is 1. The van der Waals surface area contributed by atoms with E-state index in [4.69, 9.17) is 21.1 Å². The van der Waals surface area contributed by atoms with Gasteiger partial charge in [0.05, 0.1) is 18.6 Å². The largest absolute Gasteiger partial charge is 0.495 e. The molecule has 0 bridgehead atoms. The monoisotopic (exact) mass is 352 g/mol. The Labute approximate surface area is 146 Å². The van der Waals surface area contributed by atoms with Gasteiger partial charge in [0.25, 0.3) is 0 Å². The average molecular weight is 353 g/mol. The second-order valence-electron chi connectivity index (χ2n) is 6.13. The molecule has 0 spiro atoms. The molecule has 0 radical (unpaired) electrons. The van der Waals surface area contributed by atoms with Crippen LogP contribution in [0.5, 0.6) is 5.75 Å². The lowest BCUT2D eigenvalue weighted by Gasteiger charge is -2.43. The van der Waals surface area contributed by atoms with Crippen LogP contribution in [-0.4, -0.2) is 49.1 Å². The van der Waals surface area contributed by atoms with Gasteiger partial charge in [0, 0.05) is 11.7 Å². The number of rotatable bonds is 4. The van der Waals surface area contributed by atoms with Crippen molar-refractivity contribution in [1.29, 1.82) is 0 Å². The Morgan fingerprint density at radius 3 is 3.04 bits per heavy atom. The fourth-order valence-corrected chi connectivity index (χ4v) is 3.61. The number of morpholine rings is 1. The third kappa shape index (κ3) is 3.65. The second kappa shape index (κ2) is 7.40. The zero-order chi connectivity index (χ0) is 17.1. The van der Waals surface area contributed by atoms with Gasteiger partial charge in [0.2, 0.25) is 5.91 Å². The third-order valence-corrected chi connectivity index (χ3v) is 4.87. The minimum atomic E-state index is -0.502. The highest BCUT2D eigenvalue weighted by Gasteiger charge is 2.40. The van der Waals surface area contributed by atoms with E-state index in [1.165, 1.54) is 7.11 Å². The van der Waals surface area contributed by atoms with Gasteiger partial charge in [-0.25, -0.2) is 0 Å². The van der Waals surface area contributed by atoms with Crippen LogP contribution in [0.4, 0.5) is 5.69 Å². The summed E-state index contributed by atoms with van der Waals surface area (Å²) in [7, 11) is 1.53. The van der Waals surface area contributed by atoms with E-state index in [1.54, 1.807) is 18.2 Å². The maximum absolute atomic E-state index is 12.3. The number of hydrogen-bond donors (Lipinski definition) is 1. The van der Waals surface area contributed by atoms with Crippen LogP contribution in [0.2, 0.25) is 5.02 Å². The summed E-state index contributed by atoms with van der Waals surface area (Å²) in [5.41, 5.74) is 0.574. The standard InChI is InChI=1S/C17H21ClN2O4/c1-23-15-6-5-11(8-13(15)18)19-16(21)9-14-17(22)24-10-12-4-2-3-7-20(12)14/h5-6,8,12,14H,2-4,7,9-10H2,1H3,(H,19,21)/t12-,14-/m0/s1. The second-order valence-corrected chi connectivity index (χ2v) is 6.54. The summed E-state index contributed by atoms with van der Waals surface area (Å²) in [5, 5.41) is 3.20. The van der Waals surface area contributed by atoms with Crippen LogP contribution in [0.3, 0.4) is 0 Å². The number of fused-ring (bicyclic) bond motifs is 1. The molecule has 0 unspecified atom stereocenters. The van der Waals surface area contributed by atoms with Crippen LogP contribution < -0.4 is 10.1 Å². The molecule has 2 aliphatic heterocycles. The highest BCUT2D eigenvalue weighted by molar-refractivity contribution is 6.32. The minimum absolute atomic E-state index is 0.0823. The van der Waals surface area contributed by atoms with Gasteiger partial charge in [-0.2, -0.15) is 0 Å². The number of esters is 1. The Kier molecular flexibility index (Phi) is 5.26. The first kappa shape index (κ1) is 17.0. The van der Waals surface area contributed by atoms with Gasteiger partial charge >= 0.3 is 5.97 Å². The molecule has 2 saturated heterocycles. The topological polar surface area (TPSA) is 67.9 Å². The van der Waals surface area contributed by atoms with Gasteiger partial charge < -0.3 is 14.8 Å². The molecule has 0 aliphatic carbocycles. The fourth-order valence-electron chi connectivity index (χ4n) is 3.35. The predicted octanol–water partition coefficient (Wildman–Crippen LogP) is 2.46. The van der Waals surface area contributed by atoms with Gasteiger partial charge in [-0.05, 0) is 37.6 Å². The van der Waals surface area contributed by atoms with Crippen molar-refractivity contribution in [3.63, 3.8) is 0 Å². The molecule has 7 heteroatoms. The van der Waals surface area contributed by atoms with Crippen LogP contribution in [-0.2, 0) is 14.3 Å². The first-order valence-corrected chi connectivity index (χ1v) is 8.52. The number of carbonyl (C=O) groups excluding carboxylic acids is 2. The van der Waals surface area contributed by atoms with Crippen molar-refractivity contribution in [2.24, 2.45) is 0 Å². The number of halogens is 1. The quantitative estimate of drug-likeness (QED) is 0.843. The van der Waals surface area contributed by atoms with E-state index in [1.807, 2.05) is 0 Å². The van der Waals surface area contributed by atoms with Crippen molar-refractivity contribution >= 4 is 29.2 Å². The van der Waals surface area contributed by atoms with Gasteiger partial charge in [0.1, 0.15) is 18.4 Å². The van der Waals surface area contributed by atoms with Crippen molar-refractivity contribution in [1.82, 2.24) is 4.90 Å². The summed E-state index contributed by atoms with van der Waals surface area (Å²) in [5.74, 6) is 0.00199. The maximum Gasteiger partial charge on any atom is 0.323 e. The van der Waals surface area contributed by atoms with Crippen molar-refractivity contribution in [2.45, 2.75) is 37.8 Å². The molecule has 0 saturated carbocycles. The first-order chi connectivity index (χ1) is 11.6. The number of ether oxygens (including phenoxy) is 2. The maximum atomic E-state index is 12.3. The zero-order valence-corrected chi connectivity index (χ0v) is 14.3. The normalized spacial score (nSPS) is 24.0. The van der Waals surface area contributed by atoms with Gasteiger partial charge in [-0.3, -0.25) is 14.5 Å². The van der Waals surface area contributed by atoms with E-state index in [0.29, 0.717) is 23.1 Å².